The van der Waals surface area contributed by atoms with E-state index in [0.717, 1.165) is 5.92 Å². The third-order valence-electron chi connectivity index (χ3n) is 2.95. The zero-order valence-electron chi connectivity index (χ0n) is 7.94. The van der Waals surface area contributed by atoms with Gasteiger partial charge in [0.05, 0.1) is 16.4 Å². The van der Waals surface area contributed by atoms with Crippen molar-refractivity contribution < 1.29 is 8.39 Å². The van der Waals surface area contributed by atoms with Crippen LogP contribution in [0.25, 0.3) is 0 Å². The predicted molar refractivity (Wildman–Crippen MR) is 56.0 cm³/mol. The van der Waals surface area contributed by atoms with Gasteiger partial charge in [-0.05, 0) is 36.5 Å². The van der Waals surface area contributed by atoms with Gasteiger partial charge in [0.15, 0.2) is 0 Å². The summed E-state index contributed by atoms with van der Waals surface area (Å²) in [5, 5.41) is 0. The third-order valence-corrected chi connectivity index (χ3v) is 3.58. The molecule has 0 aromatic rings. The first-order valence-electron chi connectivity index (χ1n) is 4.69. The molecule has 2 aliphatic carbocycles. The van der Waals surface area contributed by atoms with E-state index in [9.17, 15) is 4.21 Å². The van der Waals surface area contributed by atoms with Crippen molar-refractivity contribution in [3.8, 4) is 0 Å². The van der Waals surface area contributed by atoms with E-state index in [1.807, 2.05) is 0 Å². The van der Waals surface area contributed by atoms with Gasteiger partial charge in [0, 0.05) is 6.26 Å². The molecule has 2 bridgehead atoms. The topological polar surface area (TPSA) is 26.3 Å². The fraction of sp³-hybridized carbons (Fsp3) is 0.700. The first kappa shape index (κ1) is 9.28. The van der Waals surface area contributed by atoms with Crippen LogP contribution in [0.15, 0.2) is 12.2 Å². The van der Waals surface area contributed by atoms with Crippen LogP contribution in [0, 0.1) is 17.8 Å². The zero-order chi connectivity index (χ0) is 9.47. The minimum Gasteiger partial charge on any atom is -0.298 e. The lowest BCUT2D eigenvalue weighted by Crippen LogP contribution is -2.17. The highest BCUT2D eigenvalue weighted by Gasteiger charge is 2.35. The molecule has 0 aliphatic heterocycles. The van der Waals surface area contributed by atoms with Gasteiger partial charge in [-0.3, -0.25) is 4.18 Å². The average molecular weight is 200 g/mol. The summed E-state index contributed by atoms with van der Waals surface area (Å²) in [5.41, 5.74) is 0. The Morgan fingerprint density at radius 1 is 1.54 bits per heavy atom. The van der Waals surface area contributed by atoms with Gasteiger partial charge in [-0.1, -0.05) is 12.2 Å². The summed E-state index contributed by atoms with van der Waals surface area (Å²) in [5.74, 6) is 5.50. The Hall–Kier alpha value is -0.280. The van der Waals surface area contributed by atoms with Crippen molar-refractivity contribution >= 4 is 15.7 Å². The van der Waals surface area contributed by atoms with Gasteiger partial charge in [0.25, 0.3) is 0 Å². The Bertz CT molecular complexity index is 316. The molecule has 0 spiro atoms. The Kier molecular flexibility index (Phi) is 2.24. The molecule has 74 valence electrons. The molecule has 1 saturated carbocycles. The van der Waals surface area contributed by atoms with Gasteiger partial charge < -0.3 is 0 Å². The molecule has 0 N–H and O–H groups in total. The minimum absolute atomic E-state index is 0.581. The number of fused-ring (bicyclic) bond motifs is 2. The van der Waals surface area contributed by atoms with Crippen LogP contribution in [-0.4, -0.2) is 22.9 Å². The molecule has 3 heteroatoms. The average Bonchev–Trinajstić information content (AvgIpc) is 2.58. The van der Waals surface area contributed by atoms with Crippen LogP contribution in [0.2, 0.25) is 0 Å². The second-order valence-electron chi connectivity index (χ2n) is 4.25. The minimum atomic E-state index is -2.25. The lowest BCUT2D eigenvalue weighted by atomic mass is 9.95. The van der Waals surface area contributed by atoms with Gasteiger partial charge >= 0.3 is 0 Å². The van der Waals surface area contributed by atoms with Crippen LogP contribution in [0.4, 0.5) is 0 Å². The molecule has 2 aliphatic rings. The molecule has 0 aromatic carbocycles. The molecule has 0 aromatic heterocycles. The predicted octanol–water partition coefficient (Wildman–Crippen LogP) is 1.48. The first-order chi connectivity index (χ1) is 6.04. The van der Waals surface area contributed by atoms with Gasteiger partial charge in [-0.2, -0.15) is 0 Å². The summed E-state index contributed by atoms with van der Waals surface area (Å²) in [6.07, 6.45) is 8.61. The Morgan fingerprint density at radius 3 is 2.77 bits per heavy atom. The lowest BCUT2D eigenvalue weighted by molar-refractivity contribution is 0.247. The standard InChI is InChI=1S/C10H16O2S/c1-13(2,11)12-7-10-6-8-3-4-9(10)5-8/h3-4,8-10H,1,5-7H2,2H3. The molecule has 0 saturated heterocycles. The second kappa shape index (κ2) is 3.14. The number of rotatable bonds is 3. The molecule has 0 amide bonds. The molecule has 2 rings (SSSR count). The van der Waals surface area contributed by atoms with Crippen molar-refractivity contribution in [3.05, 3.63) is 12.2 Å². The van der Waals surface area contributed by atoms with E-state index in [-0.39, 0.29) is 0 Å². The Labute approximate surface area is 80.2 Å². The van der Waals surface area contributed by atoms with Crippen molar-refractivity contribution in [3.63, 3.8) is 0 Å². The number of hydrogen-bond acceptors (Lipinski definition) is 2. The van der Waals surface area contributed by atoms with Crippen LogP contribution >= 0.6 is 0 Å². The maximum atomic E-state index is 11.2. The van der Waals surface area contributed by atoms with E-state index in [4.69, 9.17) is 4.18 Å². The van der Waals surface area contributed by atoms with Crippen LogP contribution in [0.3, 0.4) is 0 Å². The number of hydrogen-bond donors (Lipinski definition) is 0. The molecule has 4 atom stereocenters. The maximum Gasteiger partial charge on any atom is 0.0741 e. The molecule has 2 nitrogen and oxygen atoms in total. The summed E-state index contributed by atoms with van der Waals surface area (Å²) in [6, 6.07) is 0. The fourth-order valence-electron chi connectivity index (χ4n) is 2.32. The van der Waals surface area contributed by atoms with Gasteiger partial charge in [-0.25, -0.2) is 4.21 Å². The van der Waals surface area contributed by atoms with Gasteiger partial charge in [0.2, 0.25) is 0 Å². The van der Waals surface area contributed by atoms with E-state index in [0.29, 0.717) is 18.4 Å². The summed E-state index contributed by atoms with van der Waals surface area (Å²) >= 11 is 0. The highest BCUT2D eigenvalue weighted by Crippen LogP contribution is 2.43. The van der Waals surface area contributed by atoms with Gasteiger partial charge in [0.1, 0.15) is 0 Å². The van der Waals surface area contributed by atoms with E-state index >= 15 is 0 Å². The molecular weight excluding hydrogens is 184 g/mol. The SMILES string of the molecule is C=S(C)(=O)OCC1CC2C=CC1C2. The van der Waals surface area contributed by atoms with Crippen molar-refractivity contribution in [1.82, 2.24) is 0 Å². The third kappa shape index (κ3) is 2.15. The molecule has 1 fully saturated rings. The van der Waals surface area contributed by atoms with Crippen molar-refractivity contribution in [2.75, 3.05) is 12.9 Å². The zero-order valence-corrected chi connectivity index (χ0v) is 8.76. The lowest BCUT2D eigenvalue weighted by Gasteiger charge is -2.17. The second-order valence-corrected chi connectivity index (χ2v) is 6.34. The maximum absolute atomic E-state index is 11.2. The van der Waals surface area contributed by atoms with Crippen LogP contribution < -0.4 is 0 Å². The molecule has 0 radical (unpaired) electrons. The Balaban J connectivity index is 1.88. The molecule has 0 heterocycles. The van der Waals surface area contributed by atoms with Crippen LogP contribution in [-0.2, 0) is 14.0 Å². The van der Waals surface area contributed by atoms with E-state index in [2.05, 4.69) is 18.0 Å². The van der Waals surface area contributed by atoms with Crippen molar-refractivity contribution in [2.45, 2.75) is 12.8 Å². The van der Waals surface area contributed by atoms with Crippen LogP contribution in [0.5, 0.6) is 0 Å². The first-order valence-corrected chi connectivity index (χ1v) is 6.75. The van der Waals surface area contributed by atoms with E-state index in [1.165, 1.54) is 12.8 Å². The normalized spacial score (nSPS) is 40.8. The summed E-state index contributed by atoms with van der Waals surface area (Å²) < 4.78 is 16.4. The molecule has 4 unspecified atom stereocenters. The summed E-state index contributed by atoms with van der Waals surface area (Å²) in [4.78, 5) is 0. The smallest absolute Gasteiger partial charge is 0.0741 e. The number of allylic oxidation sites excluding steroid dienone is 2. The Morgan fingerprint density at radius 2 is 2.31 bits per heavy atom. The quantitative estimate of drug-likeness (QED) is 0.509. The van der Waals surface area contributed by atoms with Gasteiger partial charge in [-0.15, -0.1) is 0 Å². The fourth-order valence-corrected chi connectivity index (χ4v) is 2.78. The molecule has 13 heavy (non-hydrogen) atoms. The molecular formula is C10H16O2S. The van der Waals surface area contributed by atoms with E-state index in [1.54, 1.807) is 6.26 Å². The van der Waals surface area contributed by atoms with E-state index < -0.39 is 9.80 Å². The monoisotopic (exact) mass is 200 g/mol. The summed E-state index contributed by atoms with van der Waals surface area (Å²) in [7, 11) is -2.25. The largest absolute Gasteiger partial charge is 0.298 e. The summed E-state index contributed by atoms with van der Waals surface area (Å²) in [6.45, 7) is 0.615. The highest BCUT2D eigenvalue weighted by molar-refractivity contribution is 7.95. The van der Waals surface area contributed by atoms with Crippen LogP contribution in [0.1, 0.15) is 12.8 Å². The van der Waals surface area contributed by atoms with Crippen molar-refractivity contribution in [2.24, 2.45) is 17.8 Å². The highest BCUT2D eigenvalue weighted by atomic mass is 32.2. The van der Waals surface area contributed by atoms with Crippen molar-refractivity contribution in [1.29, 1.82) is 0 Å².